The topological polar surface area (TPSA) is 134 Å². The van der Waals surface area contributed by atoms with Crippen molar-refractivity contribution in [2.24, 2.45) is 0 Å². The minimum absolute atomic E-state index is 0.0523. The van der Waals surface area contributed by atoms with E-state index in [0.717, 1.165) is 5.56 Å². The monoisotopic (exact) mass is 534 g/mol. The van der Waals surface area contributed by atoms with Crippen molar-refractivity contribution < 1.29 is 33.4 Å². The van der Waals surface area contributed by atoms with Gasteiger partial charge in [-0.25, -0.2) is 5.01 Å². The van der Waals surface area contributed by atoms with Gasteiger partial charge in [-0.1, -0.05) is 48.5 Å². The van der Waals surface area contributed by atoms with Gasteiger partial charge in [-0.3, -0.25) is 29.0 Å². The number of carbonyl (C=O) groups excluding carboxylic acids is 5. The standard InChI is InChI=1S/C28H30N4O7/c33-23-14-13-20(29-25(35)19-10-5-2-6-11-19)27(37)32-22(12-7-15-31(23)32)26(36)30-21-16-24(34)39-28(21)38-17-18-8-3-1-4-9-18/h1-6,8-11,20-22,28H,7,12-17H2,(H,29,35)(H,30,36)/t20?,21-,22?,28+/m0/s1. The normalized spacial score (nSPS) is 25.0. The number of nitrogens with zero attached hydrogens (tertiary/aromatic N) is 2. The molecule has 2 unspecified atom stereocenters. The molecule has 11 heteroatoms. The predicted octanol–water partition coefficient (Wildman–Crippen LogP) is 1.29. The fraction of sp³-hybridized carbons (Fsp3) is 0.393. The van der Waals surface area contributed by atoms with E-state index in [2.05, 4.69) is 10.6 Å². The van der Waals surface area contributed by atoms with Gasteiger partial charge in [0.05, 0.1) is 13.0 Å². The molecule has 2 aromatic rings. The zero-order chi connectivity index (χ0) is 27.4. The molecule has 0 aliphatic carbocycles. The Balaban J connectivity index is 1.29. The van der Waals surface area contributed by atoms with Crippen molar-refractivity contribution in [2.75, 3.05) is 6.54 Å². The second-order valence-electron chi connectivity index (χ2n) is 9.76. The number of hydrazine groups is 1. The van der Waals surface area contributed by atoms with Crippen molar-refractivity contribution in [3.05, 3.63) is 71.8 Å². The molecule has 4 amide bonds. The van der Waals surface area contributed by atoms with Crippen molar-refractivity contribution >= 4 is 29.6 Å². The predicted molar refractivity (Wildman–Crippen MR) is 136 cm³/mol. The first kappa shape index (κ1) is 26.4. The van der Waals surface area contributed by atoms with Gasteiger partial charge in [-0.15, -0.1) is 0 Å². The first-order valence-corrected chi connectivity index (χ1v) is 13.1. The first-order chi connectivity index (χ1) is 18.9. The van der Waals surface area contributed by atoms with Crippen molar-refractivity contribution in [1.29, 1.82) is 0 Å². The van der Waals surface area contributed by atoms with Crippen molar-refractivity contribution in [2.45, 2.75) is 63.1 Å². The number of hydrogen-bond donors (Lipinski definition) is 2. The van der Waals surface area contributed by atoms with Crippen LogP contribution in [0.3, 0.4) is 0 Å². The average molecular weight is 535 g/mol. The van der Waals surface area contributed by atoms with Gasteiger partial charge in [-0.2, -0.15) is 0 Å². The van der Waals surface area contributed by atoms with Gasteiger partial charge in [-0.05, 0) is 37.0 Å². The van der Waals surface area contributed by atoms with E-state index in [9.17, 15) is 24.0 Å². The summed E-state index contributed by atoms with van der Waals surface area (Å²) in [5.74, 6) is -2.28. The number of hydrogen-bond acceptors (Lipinski definition) is 7. The molecule has 4 atom stereocenters. The highest BCUT2D eigenvalue weighted by atomic mass is 16.7. The molecule has 11 nitrogen and oxygen atoms in total. The van der Waals surface area contributed by atoms with Crippen molar-refractivity contribution in [1.82, 2.24) is 20.7 Å². The molecule has 3 fully saturated rings. The zero-order valence-electron chi connectivity index (χ0n) is 21.3. The Hall–Kier alpha value is -4.25. The molecule has 0 spiro atoms. The van der Waals surface area contributed by atoms with E-state index in [1.807, 2.05) is 30.3 Å². The number of ether oxygens (including phenoxy) is 2. The molecular weight excluding hydrogens is 504 g/mol. The minimum Gasteiger partial charge on any atom is -0.433 e. The lowest BCUT2D eigenvalue weighted by Crippen LogP contribution is -2.64. The lowest BCUT2D eigenvalue weighted by atomic mass is 10.0. The summed E-state index contributed by atoms with van der Waals surface area (Å²) < 4.78 is 11.1. The Kier molecular flexibility index (Phi) is 7.87. The number of amides is 4. The highest BCUT2D eigenvalue weighted by molar-refractivity contribution is 5.99. The third-order valence-electron chi connectivity index (χ3n) is 7.05. The van der Waals surface area contributed by atoms with Crippen LogP contribution in [-0.2, 0) is 35.3 Å². The van der Waals surface area contributed by atoms with E-state index < -0.39 is 48.1 Å². The molecule has 3 aliphatic rings. The van der Waals surface area contributed by atoms with E-state index in [1.165, 1.54) is 10.0 Å². The summed E-state index contributed by atoms with van der Waals surface area (Å²) in [5, 5.41) is 8.03. The smallest absolute Gasteiger partial charge is 0.310 e. The fourth-order valence-electron chi connectivity index (χ4n) is 5.07. The van der Waals surface area contributed by atoms with Crippen LogP contribution < -0.4 is 10.6 Å². The average Bonchev–Trinajstić information content (AvgIpc) is 3.26. The molecule has 0 bridgehead atoms. The number of benzene rings is 2. The van der Waals surface area contributed by atoms with Crippen LogP contribution in [0.5, 0.6) is 0 Å². The maximum atomic E-state index is 13.7. The third-order valence-corrected chi connectivity index (χ3v) is 7.05. The maximum absolute atomic E-state index is 13.7. The number of carbonyl (C=O) groups is 5. The van der Waals surface area contributed by atoms with Gasteiger partial charge < -0.3 is 20.1 Å². The zero-order valence-corrected chi connectivity index (χ0v) is 21.3. The Morgan fingerprint density at radius 1 is 0.949 bits per heavy atom. The molecule has 3 saturated heterocycles. The summed E-state index contributed by atoms with van der Waals surface area (Å²) in [5.41, 5.74) is 1.27. The number of nitrogens with one attached hydrogen (secondary N) is 2. The third kappa shape index (κ3) is 5.93. The van der Waals surface area contributed by atoms with E-state index in [0.29, 0.717) is 24.9 Å². The van der Waals surface area contributed by atoms with Crippen LogP contribution in [0.1, 0.15) is 48.0 Å². The first-order valence-electron chi connectivity index (χ1n) is 13.1. The van der Waals surface area contributed by atoms with Gasteiger partial charge in [0.2, 0.25) is 18.1 Å². The van der Waals surface area contributed by atoms with Gasteiger partial charge in [0.1, 0.15) is 18.1 Å². The summed E-state index contributed by atoms with van der Waals surface area (Å²) in [6, 6.07) is 15.1. The number of cyclic esters (lactones) is 1. The lowest BCUT2D eigenvalue weighted by Gasteiger charge is -2.43. The Morgan fingerprint density at radius 2 is 1.67 bits per heavy atom. The van der Waals surface area contributed by atoms with Crippen LogP contribution >= 0.6 is 0 Å². The largest absolute Gasteiger partial charge is 0.433 e. The summed E-state index contributed by atoms with van der Waals surface area (Å²) in [6.45, 7) is 0.478. The van der Waals surface area contributed by atoms with Crippen LogP contribution in [0.4, 0.5) is 0 Å². The van der Waals surface area contributed by atoms with Crippen LogP contribution in [0.2, 0.25) is 0 Å². The molecule has 204 valence electrons. The SMILES string of the molecule is O=C1C[C@H](NC(=O)C2CCCN3C(=O)CCC(NC(=O)c4ccccc4)C(=O)N23)[C@H](OCc2ccccc2)O1. The molecular formula is C28H30N4O7. The van der Waals surface area contributed by atoms with Gasteiger partial charge in [0, 0.05) is 18.5 Å². The van der Waals surface area contributed by atoms with Gasteiger partial charge >= 0.3 is 5.97 Å². The van der Waals surface area contributed by atoms with Crippen LogP contribution in [0.25, 0.3) is 0 Å². The number of esters is 1. The van der Waals surface area contributed by atoms with E-state index >= 15 is 0 Å². The van der Waals surface area contributed by atoms with E-state index in [-0.39, 0.29) is 31.8 Å². The molecule has 3 heterocycles. The summed E-state index contributed by atoms with van der Waals surface area (Å²) in [7, 11) is 0. The number of fused-ring (bicyclic) bond motifs is 1. The van der Waals surface area contributed by atoms with E-state index in [1.54, 1.807) is 30.3 Å². The molecule has 2 aromatic carbocycles. The second kappa shape index (κ2) is 11.6. The second-order valence-corrected chi connectivity index (χ2v) is 9.76. The Morgan fingerprint density at radius 3 is 2.41 bits per heavy atom. The van der Waals surface area contributed by atoms with Crippen molar-refractivity contribution in [3.63, 3.8) is 0 Å². The number of rotatable bonds is 7. The molecule has 5 rings (SSSR count). The molecule has 3 aliphatic heterocycles. The van der Waals surface area contributed by atoms with Gasteiger partial charge in [0.25, 0.3) is 11.8 Å². The fourth-order valence-corrected chi connectivity index (χ4v) is 5.07. The summed E-state index contributed by atoms with van der Waals surface area (Å²) in [4.78, 5) is 64.9. The van der Waals surface area contributed by atoms with Crippen LogP contribution in [0.15, 0.2) is 60.7 Å². The van der Waals surface area contributed by atoms with Gasteiger partial charge in [0.15, 0.2) is 0 Å². The highest BCUT2D eigenvalue weighted by Crippen LogP contribution is 2.26. The minimum atomic E-state index is -0.991. The molecule has 2 N–H and O–H groups in total. The van der Waals surface area contributed by atoms with E-state index in [4.69, 9.17) is 9.47 Å². The van der Waals surface area contributed by atoms with Crippen LogP contribution in [0, 0.1) is 0 Å². The quantitative estimate of drug-likeness (QED) is 0.511. The Bertz CT molecular complexity index is 1240. The van der Waals surface area contributed by atoms with Crippen molar-refractivity contribution in [3.8, 4) is 0 Å². The maximum Gasteiger partial charge on any atom is 0.310 e. The molecule has 0 radical (unpaired) electrons. The summed E-state index contributed by atoms with van der Waals surface area (Å²) >= 11 is 0. The molecule has 39 heavy (non-hydrogen) atoms. The lowest BCUT2D eigenvalue weighted by molar-refractivity contribution is -0.177. The molecule has 0 saturated carbocycles. The Labute approximate surface area is 225 Å². The molecule has 0 aromatic heterocycles. The highest BCUT2D eigenvalue weighted by Gasteiger charge is 2.46. The summed E-state index contributed by atoms with van der Waals surface area (Å²) in [6.07, 6.45) is -0.0555. The van der Waals surface area contributed by atoms with Crippen LogP contribution in [-0.4, -0.2) is 70.6 Å².